The molecule has 53 heavy (non-hydrogen) atoms. The number of halogens is 3. The summed E-state index contributed by atoms with van der Waals surface area (Å²) in [6, 6.07) is 34.6. The molecule has 0 radical (unpaired) electrons. The zero-order valence-electron chi connectivity index (χ0n) is 34.3. The monoisotopic (exact) mass is 821 g/mol. The summed E-state index contributed by atoms with van der Waals surface area (Å²) >= 11 is 2.40. The Kier molecular flexibility index (Phi) is 17.7. The molecule has 0 aliphatic heterocycles. The molecule has 5 heteroatoms. The van der Waals surface area contributed by atoms with Gasteiger partial charge in [0, 0.05) is 0 Å². The van der Waals surface area contributed by atoms with Gasteiger partial charge in [0.25, 0.3) is 0 Å². The van der Waals surface area contributed by atoms with Gasteiger partial charge in [0.2, 0.25) is 0 Å². The first-order valence-corrected chi connectivity index (χ1v) is 22.1. The Bertz CT molecular complexity index is 1650. The van der Waals surface area contributed by atoms with Crippen LogP contribution in [0, 0.1) is 0 Å². The Hall–Kier alpha value is -1.84. The van der Waals surface area contributed by atoms with Crippen LogP contribution in [0.1, 0.15) is 164 Å². The van der Waals surface area contributed by atoms with E-state index >= 15 is 0 Å². The molecule has 0 heterocycles. The van der Waals surface area contributed by atoms with Gasteiger partial charge < -0.3 is 0 Å². The molecule has 0 atom stereocenters. The van der Waals surface area contributed by atoms with E-state index in [-0.39, 0.29) is 37.2 Å². The standard InChI is InChI=1S/C48H61Si.3ClH.Ti/c1-31(2)39-22-40(32(3)4)26-45(25-39)49(46-27-41(33(5)6)23-42(28-46)34(7)8,47-29-43(35(9)10)24-44(30-47)36(11)12)48-20-16-19-38(48)21-37-17-14-13-15-18-37;;;;/h13-15,17-18,20,22-36H,16,21H2,1-12H3;3*1H;. The summed E-state index contributed by atoms with van der Waals surface area (Å²) in [6.45, 7) is 28.5. The molecule has 1 aliphatic carbocycles. The molecule has 0 nitrogen and oxygen atoms in total. The summed E-state index contributed by atoms with van der Waals surface area (Å²) < 4.78 is 1.53. The fourth-order valence-corrected chi connectivity index (χ4v) is 13.7. The van der Waals surface area contributed by atoms with Crippen LogP contribution in [-0.2, 0) is 26.9 Å². The van der Waals surface area contributed by atoms with Crippen LogP contribution in [0.4, 0.5) is 0 Å². The predicted octanol–water partition coefficient (Wildman–Crippen LogP) is 13.1. The molecule has 0 spiro atoms. The maximum atomic E-state index is 2.67. The Morgan fingerprint density at radius 3 is 1.06 bits per heavy atom. The second kappa shape index (κ2) is 19.8. The van der Waals surface area contributed by atoms with Gasteiger partial charge in [-0.15, -0.1) is 37.2 Å². The van der Waals surface area contributed by atoms with Crippen molar-refractivity contribution in [3.05, 3.63) is 145 Å². The van der Waals surface area contributed by atoms with Gasteiger partial charge in [-0.05, 0) is 0 Å². The topological polar surface area (TPSA) is 0 Å². The zero-order chi connectivity index (χ0) is 36.5. The molecular weight excluding hydrogens is 759 g/mol. The molecule has 4 aromatic rings. The molecule has 0 N–H and O–H groups in total. The zero-order valence-corrected chi connectivity index (χ0v) is 39.3. The average molecular weight is 823 g/mol. The predicted molar refractivity (Wildman–Crippen MR) is 240 cm³/mol. The molecule has 0 aromatic heterocycles. The van der Waals surface area contributed by atoms with E-state index in [1.807, 2.05) is 0 Å². The molecule has 4 aromatic carbocycles. The van der Waals surface area contributed by atoms with E-state index < -0.39 is 8.07 Å². The second-order valence-corrected chi connectivity index (χ2v) is 21.5. The van der Waals surface area contributed by atoms with Crippen molar-refractivity contribution < 1.29 is 20.4 Å². The maximum absolute atomic E-state index is 2.91. The summed E-state index contributed by atoms with van der Waals surface area (Å²) in [6.07, 6.45) is 4.66. The van der Waals surface area contributed by atoms with Gasteiger partial charge in [-0.3, -0.25) is 0 Å². The third kappa shape index (κ3) is 10.1. The summed E-state index contributed by atoms with van der Waals surface area (Å²) in [5.41, 5.74) is 11.7. The van der Waals surface area contributed by atoms with E-state index in [4.69, 9.17) is 0 Å². The average Bonchev–Trinajstić information content (AvgIpc) is 3.44. The van der Waals surface area contributed by atoms with Gasteiger partial charge in [-0.2, -0.15) is 0 Å². The summed E-state index contributed by atoms with van der Waals surface area (Å²) in [5.74, 6) is 2.66. The Morgan fingerprint density at radius 2 is 0.774 bits per heavy atom. The van der Waals surface area contributed by atoms with Crippen molar-refractivity contribution in [2.45, 2.75) is 131 Å². The van der Waals surface area contributed by atoms with Crippen molar-refractivity contribution in [2.24, 2.45) is 0 Å². The van der Waals surface area contributed by atoms with Crippen molar-refractivity contribution in [1.29, 1.82) is 0 Å². The van der Waals surface area contributed by atoms with Crippen molar-refractivity contribution in [3.8, 4) is 0 Å². The van der Waals surface area contributed by atoms with E-state index in [0.29, 0.717) is 35.5 Å². The molecule has 0 amide bonds. The van der Waals surface area contributed by atoms with E-state index in [1.165, 1.54) is 42.8 Å². The van der Waals surface area contributed by atoms with Crippen LogP contribution in [0.3, 0.4) is 0 Å². The van der Waals surface area contributed by atoms with E-state index in [1.54, 1.807) is 26.3 Å². The van der Waals surface area contributed by atoms with Gasteiger partial charge >= 0.3 is 320 Å². The third-order valence-electron chi connectivity index (χ3n) is 11.1. The van der Waals surface area contributed by atoms with E-state index in [0.717, 1.165) is 12.8 Å². The van der Waals surface area contributed by atoms with Crippen LogP contribution in [0.25, 0.3) is 0 Å². The molecular formula is C48H64Cl3SiTi. The van der Waals surface area contributed by atoms with Crippen molar-refractivity contribution in [1.82, 2.24) is 0 Å². The number of rotatable bonds is 12. The van der Waals surface area contributed by atoms with E-state index in [2.05, 4.69) is 195 Å². The summed E-state index contributed by atoms with van der Waals surface area (Å²) in [4.78, 5) is 0. The minimum atomic E-state index is -2.91. The molecule has 5 rings (SSSR count). The summed E-state index contributed by atoms with van der Waals surface area (Å²) in [5, 5.41) is 6.25. The molecule has 0 saturated carbocycles. The second-order valence-electron chi connectivity index (χ2n) is 16.8. The van der Waals surface area contributed by atoms with E-state index in [9.17, 15) is 0 Å². The largest absolute Gasteiger partial charge is 0.147 e. The molecule has 0 unspecified atom stereocenters. The Balaban J connectivity index is 0.00000324. The minimum absolute atomic E-state index is 0. The van der Waals surface area contributed by atoms with Gasteiger partial charge in [0.1, 0.15) is 0 Å². The number of hydrogen-bond donors (Lipinski definition) is 0. The molecule has 1 aliphatic rings. The number of benzene rings is 4. The first-order chi connectivity index (χ1) is 23.6. The molecule has 0 saturated heterocycles. The third-order valence-corrected chi connectivity index (χ3v) is 16.6. The minimum Gasteiger partial charge on any atom is -0.147 e. The maximum Gasteiger partial charge on any atom is -0.147 e. The van der Waals surface area contributed by atoms with Gasteiger partial charge in [-0.1, -0.05) is 0 Å². The van der Waals surface area contributed by atoms with Crippen molar-refractivity contribution in [2.75, 3.05) is 0 Å². The Morgan fingerprint density at radius 1 is 0.472 bits per heavy atom. The first kappa shape index (κ1) is 47.3. The van der Waals surface area contributed by atoms with Crippen LogP contribution in [-0.4, -0.2) is 8.07 Å². The van der Waals surface area contributed by atoms with Gasteiger partial charge in [0.15, 0.2) is 0 Å². The smallest absolute Gasteiger partial charge is 0.147 e. The summed E-state index contributed by atoms with van der Waals surface area (Å²) in [7, 11) is -2.91. The molecule has 0 bridgehead atoms. The normalized spacial score (nSPS) is 13.2. The van der Waals surface area contributed by atoms with Crippen LogP contribution in [0.15, 0.2) is 106 Å². The van der Waals surface area contributed by atoms with Crippen molar-refractivity contribution in [3.63, 3.8) is 0 Å². The van der Waals surface area contributed by atoms with Gasteiger partial charge in [0.05, 0.1) is 0 Å². The van der Waals surface area contributed by atoms with Crippen molar-refractivity contribution >= 4 is 60.9 Å². The fraction of sp³-hybridized carbons (Fsp3) is 0.417. The van der Waals surface area contributed by atoms with Gasteiger partial charge in [-0.25, -0.2) is 0 Å². The SMILES string of the molecule is CC(C)c1cc(C(C)C)cc([Si](C2=CC[C]([Ti])=C2Cc2ccccc2)(c2cc(C(C)C)cc(C(C)C)c2)c2cc(C(C)C)cc(C(C)C)c2)c1.Cl.Cl.Cl. The first-order valence-electron chi connectivity index (χ1n) is 19.3. The molecule has 0 fully saturated rings. The number of allylic oxidation sites excluding steroid dienone is 4. The Labute approximate surface area is 354 Å². The van der Waals surface area contributed by atoms with Crippen LogP contribution < -0.4 is 15.6 Å². The quantitative estimate of drug-likeness (QED) is 0.0986. The fourth-order valence-electron chi connectivity index (χ4n) is 7.64. The molecule has 285 valence electrons. The number of hydrogen-bond acceptors (Lipinski definition) is 0. The van der Waals surface area contributed by atoms with Crippen LogP contribution in [0.5, 0.6) is 0 Å². The van der Waals surface area contributed by atoms with Crippen LogP contribution in [0.2, 0.25) is 0 Å². The van der Waals surface area contributed by atoms with Crippen LogP contribution >= 0.6 is 37.2 Å².